The Morgan fingerprint density at radius 1 is 1.03 bits per heavy atom. The van der Waals surface area contributed by atoms with Crippen molar-refractivity contribution >= 4 is 23.0 Å². The predicted octanol–water partition coefficient (Wildman–Crippen LogP) is 5.15. The van der Waals surface area contributed by atoms with E-state index in [0.717, 1.165) is 50.1 Å². The van der Waals surface area contributed by atoms with Crippen LogP contribution < -0.4 is 5.32 Å². The fourth-order valence-corrected chi connectivity index (χ4v) is 3.39. The maximum absolute atomic E-state index is 11.4. The summed E-state index contributed by atoms with van der Waals surface area (Å²) in [6.07, 6.45) is 11.7. The maximum Gasteiger partial charge on any atom is 0.243 e. The summed E-state index contributed by atoms with van der Waals surface area (Å²) in [6, 6.07) is 18.7. The number of fused-ring (bicyclic) bond motifs is 1. The highest BCUT2D eigenvalue weighted by Crippen LogP contribution is 2.18. The molecule has 0 saturated carbocycles. The molecule has 0 unspecified atom stereocenters. The zero-order valence-electron chi connectivity index (χ0n) is 17.1. The van der Waals surface area contributed by atoms with E-state index in [1.165, 1.54) is 11.1 Å². The molecular weight excluding hydrogens is 358 g/mol. The first-order chi connectivity index (χ1) is 14.3. The van der Waals surface area contributed by atoms with Crippen molar-refractivity contribution in [1.29, 1.82) is 0 Å². The number of hydrogen-bond acceptors (Lipinski definition) is 2. The van der Waals surface area contributed by atoms with Crippen molar-refractivity contribution in [2.75, 3.05) is 6.54 Å². The first-order valence-corrected chi connectivity index (χ1v) is 10.3. The lowest BCUT2D eigenvalue weighted by Crippen LogP contribution is -2.21. The second kappa shape index (κ2) is 11.0. The van der Waals surface area contributed by atoms with Crippen molar-refractivity contribution in [3.05, 3.63) is 84.2 Å². The molecule has 4 nitrogen and oxygen atoms in total. The zero-order chi connectivity index (χ0) is 20.3. The summed E-state index contributed by atoms with van der Waals surface area (Å²) in [5.41, 5.74) is 3.44. The Morgan fingerprint density at radius 2 is 1.83 bits per heavy atom. The summed E-state index contributed by atoms with van der Waals surface area (Å²) in [6.45, 7) is 3.38. The second-order valence-electron chi connectivity index (χ2n) is 7.04. The summed E-state index contributed by atoms with van der Waals surface area (Å²) in [7, 11) is 0. The van der Waals surface area contributed by atoms with Crippen LogP contribution >= 0.6 is 0 Å². The van der Waals surface area contributed by atoms with E-state index in [4.69, 9.17) is 4.98 Å². The number of imidazole rings is 1. The van der Waals surface area contributed by atoms with Gasteiger partial charge in [0.1, 0.15) is 5.82 Å². The number of aryl methyl sites for hydroxylation is 1. The molecule has 1 N–H and O–H groups in total. The average Bonchev–Trinajstić information content (AvgIpc) is 3.09. The van der Waals surface area contributed by atoms with Crippen molar-refractivity contribution in [2.45, 2.75) is 39.2 Å². The SMILES string of the molecule is C/C=C/C(=O)NCCCCCc1nc2ccccc2n1C/C=C/c1ccccc1. The minimum Gasteiger partial charge on any atom is -0.353 e. The molecule has 0 aliphatic heterocycles. The largest absolute Gasteiger partial charge is 0.353 e. The molecule has 4 heteroatoms. The van der Waals surface area contributed by atoms with E-state index in [1.807, 2.05) is 19.1 Å². The lowest BCUT2D eigenvalue weighted by molar-refractivity contribution is -0.116. The van der Waals surface area contributed by atoms with Gasteiger partial charge in [-0.15, -0.1) is 0 Å². The van der Waals surface area contributed by atoms with Crippen LogP contribution in [-0.2, 0) is 17.8 Å². The highest BCUT2D eigenvalue weighted by molar-refractivity contribution is 5.87. The molecule has 0 fully saturated rings. The van der Waals surface area contributed by atoms with Gasteiger partial charge in [0, 0.05) is 19.5 Å². The molecule has 0 atom stereocenters. The van der Waals surface area contributed by atoms with E-state index >= 15 is 0 Å². The molecule has 0 aliphatic carbocycles. The van der Waals surface area contributed by atoms with Gasteiger partial charge >= 0.3 is 0 Å². The maximum atomic E-state index is 11.4. The summed E-state index contributed by atoms with van der Waals surface area (Å²) in [5, 5.41) is 2.90. The molecule has 0 saturated heterocycles. The fraction of sp³-hybridized carbons (Fsp3) is 0.280. The molecule has 0 aliphatic rings. The second-order valence-corrected chi connectivity index (χ2v) is 7.04. The van der Waals surface area contributed by atoms with Crippen LogP contribution in [0.15, 0.2) is 72.8 Å². The Morgan fingerprint density at radius 3 is 2.66 bits per heavy atom. The van der Waals surface area contributed by atoms with E-state index in [0.29, 0.717) is 0 Å². The standard InChI is InChI=1S/C25H29N3O/c1-2-12-25(29)26-19-10-4-7-18-24-27-22-16-8-9-17-23(22)28(24)20-11-15-21-13-5-3-6-14-21/h2-3,5-6,8-9,11-17H,4,7,10,18-20H2,1H3,(H,26,29)/b12-2+,15-11+. The summed E-state index contributed by atoms with van der Waals surface area (Å²) in [5.74, 6) is 1.11. The number of benzene rings is 2. The van der Waals surface area contributed by atoms with Gasteiger partial charge in [0.25, 0.3) is 0 Å². The van der Waals surface area contributed by atoms with Crippen molar-refractivity contribution in [3.8, 4) is 0 Å². The molecule has 0 radical (unpaired) electrons. The Balaban J connectivity index is 1.58. The number of nitrogens with zero attached hydrogens (tertiary/aromatic N) is 2. The monoisotopic (exact) mass is 387 g/mol. The number of unbranched alkanes of at least 4 members (excludes halogenated alkanes) is 2. The third-order valence-corrected chi connectivity index (χ3v) is 4.83. The number of nitrogens with one attached hydrogen (secondary N) is 1. The van der Waals surface area contributed by atoms with Gasteiger partial charge in [-0.3, -0.25) is 4.79 Å². The first kappa shape index (κ1) is 20.6. The van der Waals surface area contributed by atoms with Crippen LogP contribution in [-0.4, -0.2) is 22.0 Å². The number of hydrogen-bond donors (Lipinski definition) is 1. The average molecular weight is 388 g/mol. The summed E-state index contributed by atoms with van der Waals surface area (Å²) in [4.78, 5) is 16.3. The van der Waals surface area contributed by atoms with Crippen LogP contribution in [0, 0.1) is 0 Å². The molecule has 1 aromatic heterocycles. The minimum atomic E-state index is -0.0144. The molecule has 1 amide bonds. The number of rotatable bonds is 10. The van der Waals surface area contributed by atoms with Crippen LogP contribution in [0.5, 0.6) is 0 Å². The van der Waals surface area contributed by atoms with E-state index in [9.17, 15) is 4.79 Å². The number of allylic oxidation sites excluding steroid dienone is 2. The molecule has 0 bridgehead atoms. The van der Waals surface area contributed by atoms with Crippen LogP contribution in [0.1, 0.15) is 37.6 Å². The van der Waals surface area contributed by atoms with Crippen molar-refractivity contribution in [3.63, 3.8) is 0 Å². The number of carbonyl (C=O) groups excluding carboxylic acids is 1. The summed E-state index contributed by atoms with van der Waals surface area (Å²) >= 11 is 0. The highest BCUT2D eigenvalue weighted by atomic mass is 16.1. The molecule has 150 valence electrons. The van der Waals surface area contributed by atoms with Gasteiger partial charge in [0.15, 0.2) is 0 Å². The van der Waals surface area contributed by atoms with Crippen molar-refractivity contribution in [1.82, 2.24) is 14.9 Å². The van der Waals surface area contributed by atoms with E-state index in [1.54, 1.807) is 12.2 Å². The molecule has 0 spiro atoms. The number of carbonyl (C=O) groups is 1. The molecule has 3 rings (SSSR count). The van der Waals surface area contributed by atoms with E-state index in [-0.39, 0.29) is 5.91 Å². The van der Waals surface area contributed by atoms with Gasteiger partial charge in [-0.2, -0.15) is 0 Å². The number of para-hydroxylation sites is 2. The topological polar surface area (TPSA) is 46.9 Å². The van der Waals surface area contributed by atoms with Crippen LogP contribution in [0.2, 0.25) is 0 Å². The molecule has 1 heterocycles. The quantitative estimate of drug-likeness (QED) is 0.386. The Labute approximate surface area is 173 Å². The van der Waals surface area contributed by atoms with Gasteiger partial charge in [0.2, 0.25) is 5.91 Å². The van der Waals surface area contributed by atoms with Gasteiger partial charge < -0.3 is 9.88 Å². The van der Waals surface area contributed by atoms with Gasteiger partial charge in [-0.05, 0) is 43.5 Å². The molecule has 29 heavy (non-hydrogen) atoms. The van der Waals surface area contributed by atoms with Gasteiger partial charge in [-0.25, -0.2) is 4.98 Å². The highest BCUT2D eigenvalue weighted by Gasteiger charge is 2.09. The Hall–Kier alpha value is -3.14. The Kier molecular flexibility index (Phi) is 7.81. The van der Waals surface area contributed by atoms with Gasteiger partial charge in [-0.1, -0.05) is 67.1 Å². The lowest BCUT2D eigenvalue weighted by atomic mass is 10.2. The van der Waals surface area contributed by atoms with Crippen LogP contribution in [0.25, 0.3) is 17.1 Å². The summed E-state index contributed by atoms with van der Waals surface area (Å²) < 4.78 is 2.31. The smallest absolute Gasteiger partial charge is 0.243 e. The van der Waals surface area contributed by atoms with Crippen molar-refractivity contribution < 1.29 is 4.79 Å². The van der Waals surface area contributed by atoms with Crippen molar-refractivity contribution in [2.24, 2.45) is 0 Å². The molecule has 3 aromatic rings. The predicted molar refractivity (Wildman–Crippen MR) is 121 cm³/mol. The fourth-order valence-electron chi connectivity index (χ4n) is 3.39. The molecule has 2 aromatic carbocycles. The number of amides is 1. The van der Waals surface area contributed by atoms with Crippen LogP contribution in [0.4, 0.5) is 0 Å². The zero-order valence-corrected chi connectivity index (χ0v) is 17.1. The van der Waals surface area contributed by atoms with Crippen LogP contribution in [0.3, 0.4) is 0 Å². The third kappa shape index (κ3) is 6.18. The third-order valence-electron chi connectivity index (χ3n) is 4.83. The Bertz CT molecular complexity index is 970. The lowest BCUT2D eigenvalue weighted by Gasteiger charge is -2.07. The minimum absolute atomic E-state index is 0.0144. The normalized spacial score (nSPS) is 11.6. The molecular formula is C25H29N3O. The number of aromatic nitrogens is 2. The van der Waals surface area contributed by atoms with E-state index in [2.05, 4.69) is 64.5 Å². The van der Waals surface area contributed by atoms with E-state index < -0.39 is 0 Å². The first-order valence-electron chi connectivity index (χ1n) is 10.3. The van der Waals surface area contributed by atoms with Gasteiger partial charge in [0.05, 0.1) is 11.0 Å².